The molecule has 3 fully saturated rings. The predicted molar refractivity (Wildman–Crippen MR) is 180 cm³/mol. The van der Waals surface area contributed by atoms with E-state index in [4.69, 9.17) is 14.2 Å². The predicted octanol–water partition coefficient (Wildman–Crippen LogP) is 7.76. The number of fused-ring (bicyclic) bond motifs is 1. The van der Waals surface area contributed by atoms with Crippen LogP contribution < -0.4 is 5.19 Å². The average Bonchev–Trinajstić information content (AvgIpc) is 3.37. The minimum atomic E-state index is -1.90. The Bertz CT molecular complexity index is 1200. The van der Waals surface area contributed by atoms with Gasteiger partial charge < -0.3 is 14.2 Å². The number of methoxy groups -OCH3 is 1. The Morgan fingerprint density at radius 1 is 1.14 bits per heavy atom. The molecular weight excluding hydrogens is 564 g/mol. The molecule has 0 spiro atoms. The fourth-order valence-corrected chi connectivity index (χ4v) is 11.1. The first kappa shape index (κ1) is 34.4. The minimum absolute atomic E-state index is 0.0492. The number of benzene rings is 1. The molecule has 2 saturated carbocycles. The zero-order chi connectivity index (χ0) is 31.5. The van der Waals surface area contributed by atoms with Gasteiger partial charge in [-0.3, -0.25) is 9.59 Å². The highest BCUT2D eigenvalue weighted by Crippen LogP contribution is 2.55. The molecule has 7 atom stereocenters. The molecule has 0 bridgehead atoms. The van der Waals surface area contributed by atoms with E-state index >= 15 is 0 Å². The number of hydrogen-bond donors (Lipinski definition) is 0. The number of ketones is 1. The third kappa shape index (κ3) is 9.05. The summed E-state index contributed by atoms with van der Waals surface area (Å²) in [6.07, 6.45) is 16.3. The summed E-state index contributed by atoms with van der Waals surface area (Å²) in [5.74, 6) is 7.31. The van der Waals surface area contributed by atoms with Crippen molar-refractivity contribution in [1.29, 1.82) is 0 Å². The summed E-state index contributed by atoms with van der Waals surface area (Å²) >= 11 is 0. The third-order valence-corrected chi connectivity index (χ3v) is 14.4. The Labute approximate surface area is 267 Å². The second-order valence-electron chi connectivity index (χ2n) is 13.6. The van der Waals surface area contributed by atoms with E-state index in [2.05, 4.69) is 67.4 Å². The van der Waals surface area contributed by atoms with Crippen LogP contribution in [0.2, 0.25) is 18.6 Å². The molecule has 1 aromatic rings. The zero-order valence-corrected chi connectivity index (χ0v) is 28.7. The van der Waals surface area contributed by atoms with E-state index < -0.39 is 8.07 Å². The van der Waals surface area contributed by atoms with Crippen LogP contribution in [0.1, 0.15) is 84.5 Å². The molecule has 0 radical (unpaired) electrons. The zero-order valence-electron chi connectivity index (χ0n) is 27.7. The summed E-state index contributed by atoms with van der Waals surface area (Å²) in [5, 5.41) is 1.48. The van der Waals surface area contributed by atoms with Gasteiger partial charge in [-0.2, -0.15) is 0 Å². The lowest BCUT2D eigenvalue weighted by Crippen LogP contribution is -2.49. The molecule has 1 saturated heterocycles. The maximum atomic E-state index is 13.2. The van der Waals surface area contributed by atoms with Crippen molar-refractivity contribution in [2.45, 2.75) is 116 Å². The Kier molecular flexibility index (Phi) is 13.1. The second-order valence-corrected chi connectivity index (χ2v) is 18.3. The molecule has 0 amide bonds. The van der Waals surface area contributed by atoms with E-state index in [0.29, 0.717) is 30.2 Å². The van der Waals surface area contributed by atoms with Crippen molar-refractivity contribution in [3.05, 3.63) is 54.1 Å². The van der Waals surface area contributed by atoms with Gasteiger partial charge in [0.25, 0.3) is 0 Å². The third-order valence-electron chi connectivity index (χ3n) is 10.3. The molecule has 1 heterocycles. The first-order valence-corrected chi connectivity index (χ1v) is 20.1. The topological polar surface area (TPSA) is 61.8 Å². The molecule has 0 N–H and O–H groups in total. The van der Waals surface area contributed by atoms with E-state index in [0.717, 1.165) is 64.4 Å². The lowest BCUT2D eigenvalue weighted by molar-refractivity contribution is -0.192. The van der Waals surface area contributed by atoms with Crippen molar-refractivity contribution in [3.63, 3.8) is 0 Å². The van der Waals surface area contributed by atoms with Crippen LogP contribution in [0.5, 0.6) is 0 Å². The second kappa shape index (κ2) is 16.7. The molecule has 2 aliphatic carbocycles. The van der Waals surface area contributed by atoms with Gasteiger partial charge >= 0.3 is 5.97 Å². The standard InChI is InChI=1S/C38H54O5Si/c1-6-7-9-16-28(2)34(39)23-22-32-33-27-36(44(4,5)31-18-10-8-11-19-31)29(17-12-13-20-37(40)41-3)25-30(33)26-35(32)43-38-21-14-15-24-42-38/h8,10-11,17-19,22-23,28,30,32-33,35-36,38H,6,12-16,20-21,24-27H2,1-5H3/b23-22?,29-17+/t28?,30-,32+,33+,35-,36?,38?/m1/s1. The molecule has 1 aliphatic heterocycles. The first-order valence-electron chi connectivity index (χ1n) is 17.0. The summed E-state index contributed by atoms with van der Waals surface area (Å²) in [6, 6.07) is 11.1. The van der Waals surface area contributed by atoms with Gasteiger partial charge in [0.15, 0.2) is 12.1 Å². The summed E-state index contributed by atoms with van der Waals surface area (Å²) in [4.78, 5) is 24.9. The van der Waals surface area contributed by atoms with Crippen LogP contribution in [0, 0.1) is 35.5 Å². The lowest BCUT2D eigenvalue weighted by Gasteiger charge is -2.43. The largest absolute Gasteiger partial charge is 0.469 e. The number of rotatable bonds is 12. The number of esters is 1. The van der Waals surface area contributed by atoms with Gasteiger partial charge in [0.1, 0.15) is 0 Å². The number of hydrogen-bond acceptors (Lipinski definition) is 5. The number of unbranched alkanes of at least 4 members (excludes halogenated alkanes) is 1. The van der Waals surface area contributed by atoms with Gasteiger partial charge in [-0.15, -0.1) is 11.8 Å². The molecule has 3 aliphatic rings. The van der Waals surface area contributed by atoms with Gasteiger partial charge in [0, 0.05) is 37.7 Å². The van der Waals surface area contributed by atoms with Crippen molar-refractivity contribution < 1.29 is 23.8 Å². The van der Waals surface area contributed by atoms with Crippen molar-refractivity contribution >= 4 is 25.0 Å². The Balaban J connectivity index is 1.61. The summed E-state index contributed by atoms with van der Waals surface area (Å²) in [7, 11) is -0.436. The van der Waals surface area contributed by atoms with Crippen LogP contribution in [0.3, 0.4) is 0 Å². The van der Waals surface area contributed by atoms with E-state index in [-0.39, 0.29) is 36.0 Å². The average molecular weight is 619 g/mol. The van der Waals surface area contributed by atoms with Gasteiger partial charge in [-0.1, -0.05) is 80.2 Å². The molecule has 240 valence electrons. The Morgan fingerprint density at radius 3 is 2.64 bits per heavy atom. The highest BCUT2D eigenvalue weighted by Gasteiger charge is 2.51. The van der Waals surface area contributed by atoms with Gasteiger partial charge in [0.05, 0.1) is 21.3 Å². The molecular formula is C38H54O5Si. The monoisotopic (exact) mass is 618 g/mol. The van der Waals surface area contributed by atoms with Crippen molar-refractivity contribution in [1.82, 2.24) is 0 Å². The minimum Gasteiger partial charge on any atom is -0.469 e. The van der Waals surface area contributed by atoms with Crippen molar-refractivity contribution in [2.24, 2.45) is 23.7 Å². The molecule has 44 heavy (non-hydrogen) atoms. The fraction of sp³-hybridized carbons (Fsp3) is 0.632. The first-order chi connectivity index (χ1) is 21.2. The van der Waals surface area contributed by atoms with Gasteiger partial charge in [-0.25, -0.2) is 0 Å². The van der Waals surface area contributed by atoms with Gasteiger partial charge in [0.2, 0.25) is 0 Å². The fourth-order valence-electron chi connectivity index (χ4n) is 7.61. The Hall–Kier alpha value is -2.46. The smallest absolute Gasteiger partial charge is 0.305 e. The van der Waals surface area contributed by atoms with Crippen LogP contribution in [0.4, 0.5) is 0 Å². The van der Waals surface area contributed by atoms with Gasteiger partial charge in [-0.05, 0) is 74.8 Å². The normalized spacial score (nSPS) is 28.7. The molecule has 5 nitrogen and oxygen atoms in total. The summed E-state index contributed by atoms with van der Waals surface area (Å²) < 4.78 is 17.7. The molecule has 0 aromatic heterocycles. The maximum absolute atomic E-state index is 13.2. The molecule has 3 unspecified atom stereocenters. The number of carbonyl (C=O) groups excluding carboxylic acids is 2. The van der Waals surface area contributed by atoms with Crippen LogP contribution in [-0.2, 0) is 23.8 Å². The van der Waals surface area contributed by atoms with Crippen molar-refractivity contribution in [2.75, 3.05) is 13.7 Å². The number of carbonyl (C=O) groups is 2. The molecule has 4 rings (SSSR count). The van der Waals surface area contributed by atoms with Crippen LogP contribution >= 0.6 is 0 Å². The molecule has 1 aromatic carbocycles. The van der Waals surface area contributed by atoms with Crippen LogP contribution in [0.15, 0.2) is 54.1 Å². The maximum Gasteiger partial charge on any atom is 0.305 e. The van der Waals surface area contributed by atoms with E-state index in [1.807, 2.05) is 19.9 Å². The van der Waals surface area contributed by atoms with E-state index in [9.17, 15) is 9.59 Å². The summed E-state index contributed by atoms with van der Waals surface area (Å²) in [5.41, 5.74) is 2.05. The van der Waals surface area contributed by atoms with E-state index in [1.54, 1.807) is 5.57 Å². The van der Waals surface area contributed by atoms with Crippen molar-refractivity contribution in [3.8, 4) is 11.8 Å². The highest BCUT2D eigenvalue weighted by atomic mass is 28.3. The quantitative estimate of drug-likeness (QED) is 0.0598. The van der Waals surface area contributed by atoms with Crippen LogP contribution in [-0.4, -0.2) is 45.9 Å². The number of ether oxygens (including phenoxy) is 3. The SMILES string of the molecule is CCC#CCC(C)C(=O)C=C[C@H]1[C@H]2CC([Si](C)(C)c3ccccc3)/C(=C/CCCC(=O)OC)C[C@@H]2C[C@H]1OC1CCCCO1. The van der Waals surface area contributed by atoms with E-state index in [1.165, 1.54) is 12.3 Å². The summed E-state index contributed by atoms with van der Waals surface area (Å²) in [6.45, 7) is 9.81. The number of allylic oxidation sites excluding steroid dienone is 3. The molecule has 6 heteroatoms. The lowest BCUT2D eigenvalue weighted by atomic mass is 9.75. The van der Waals surface area contributed by atoms with Crippen LogP contribution in [0.25, 0.3) is 0 Å². The highest BCUT2D eigenvalue weighted by molar-refractivity contribution is 6.91. The Morgan fingerprint density at radius 2 is 1.93 bits per heavy atom.